The predicted molar refractivity (Wildman–Crippen MR) is 90.2 cm³/mol. The Kier molecular flexibility index (Phi) is 3.79. The normalized spacial score (nSPS) is 30.3. The standard InChI is InChI=1S/C20H30O2/c1-18(2,3)13-20(14-19(20,4)5)15-8-10-16(11-9-15)22-17-7-6-12-21-17/h8-11,17H,6-7,12-14H2,1-5H3. The van der Waals surface area contributed by atoms with E-state index in [4.69, 9.17) is 9.47 Å². The van der Waals surface area contributed by atoms with Crippen LogP contribution in [0.4, 0.5) is 0 Å². The van der Waals surface area contributed by atoms with Gasteiger partial charge in [0, 0.05) is 11.8 Å². The van der Waals surface area contributed by atoms with Gasteiger partial charge in [0.05, 0.1) is 6.61 Å². The van der Waals surface area contributed by atoms with E-state index in [9.17, 15) is 0 Å². The fourth-order valence-electron chi connectivity index (χ4n) is 4.16. The van der Waals surface area contributed by atoms with Crippen molar-refractivity contribution >= 4 is 0 Å². The van der Waals surface area contributed by atoms with Crippen LogP contribution in [-0.2, 0) is 10.2 Å². The van der Waals surface area contributed by atoms with Crippen LogP contribution < -0.4 is 4.74 Å². The molecule has 0 amide bonds. The molecule has 1 saturated carbocycles. The molecule has 3 rings (SSSR count). The second-order valence-corrected chi connectivity index (χ2v) is 8.97. The highest BCUT2D eigenvalue weighted by Gasteiger charge is 2.62. The van der Waals surface area contributed by atoms with Gasteiger partial charge in [-0.1, -0.05) is 46.8 Å². The monoisotopic (exact) mass is 302 g/mol. The highest BCUT2D eigenvalue weighted by molar-refractivity contribution is 5.40. The van der Waals surface area contributed by atoms with Crippen LogP contribution in [0.2, 0.25) is 0 Å². The van der Waals surface area contributed by atoms with Crippen molar-refractivity contribution in [1.82, 2.24) is 0 Å². The molecule has 2 aliphatic rings. The van der Waals surface area contributed by atoms with Crippen LogP contribution in [0.15, 0.2) is 24.3 Å². The van der Waals surface area contributed by atoms with Crippen molar-refractivity contribution in [3.8, 4) is 5.75 Å². The smallest absolute Gasteiger partial charge is 0.199 e. The molecule has 1 aliphatic heterocycles. The van der Waals surface area contributed by atoms with Gasteiger partial charge in [-0.05, 0) is 47.8 Å². The Morgan fingerprint density at radius 2 is 1.82 bits per heavy atom. The molecule has 122 valence electrons. The summed E-state index contributed by atoms with van der Waals surface area (Å²) in [6, 6.07) is 8.78. The summed E-state index contributed by atoms with van der Waals surface area (Å²) < 4.78 is 11.4. The summed E-state index contributed by atoms with van der Waals surface area (Å²) in [5, 5.41) is 0. The van der Waals surface area contributed by atoms with Crippen LogP contribution in [0.1, 0.15) is 65.9 Å². The molecule has 0 radical (unpaired) electrons. The van der Waals surface area contributed by atoms with Crippen molar-refractivity contribution in [2.75, 3.05) is 6.61 Å². The highest BCUT2D eigenvalue weighted by atomic mass is 16.7. The number of hydrogen-bond donors (Lipinski definition) is 0. The fourth-order valence-corrected chi connectivity index (χ4v) is 4.16. The molecule has 2 nitrogen and oxygen atoms in total. The first-order valence-corrected chi connectivity index (χ1v) is 8.61. The van der Waals surface area contributed by atoms with Crippen LogP contribution in [0, 0.1) is 10.8 Å². The van der Waals surface area contributed by atoms with Gasteiger partial charge in [-0.3, -0.25) is 0 Å². The Labute approximate surface area is 135 Å². The SMILES string of the molecule is CC(C)(C)CC1(c2ccc(OC3CCCO3)cc2)CC1(C)C. The molecule has 0 aromatic heterocycles. The van der Waals surface area contributed by atoms with Crippen molar-refractivity contribution in [3.05, 3.63) is 29.8 Å². The molecule has 0 spiro atoms. The van der Waals surface area contributed by atoms with E-state index in [1.807, 2.05) is 0 Å². The quantitative estimate of drug-likeness (QED) is 0.751. The van der Waals surface area contributed by atoms with Gasteiger partial charge in [0.15, 0.2) is 6.29 Å². The van der Waals surface area contributed by atoms with Crippen LogP contribution in [0.25, 0.3) is 0 Å². The van der Waals surface area contributed by atoms with Crippen LogP contribution >= 0.6 is 0 Å². The number of benzene rings is 1. The van der Waals surface area contributed by atoms with Crippen molar-refractivity contribution in [2.24, 2.45) is 10.8 Å². The zero-order chi connectivity index (χ0) is 16.0. The summed E-state index contributed by atoms with van der Waals surface area (Å²) in [5.74, 6) is 0.931. The largest absolute Gasteiger partial charge is 0.465 e. The number of rotatable bonds is 4. The molecule has 2 fully saturated rings. The minimum Gasteiger partial charge on any atom is -0.465 e. The van der Waals surface area contributed by atoms with E-state index in [-0.39, 0.29) is 6.29 Å². The van der Waals surface area contributed by atoms with Crippen LogP contribution in [0.5, 0.6) is 5.75 Å². The van der Waals surface area contributed by atoms with Crippen molar-refractivity contribution < 1.29 is 9.47 Å². The van der Waals surface area contributed by atoms with Gasteiger partial charge < -0.3 is 9.47 Å². The molecule has 2 atom stereocenters. The molecule has 0 bridgehead atoms. The molecule has 1 aliphatic carbocycles. The van der Waals surface area contributed by atoms with Gasteiger partial charge in [-0.25, -0.2) is 0 Å². The second-order valence-electron chi connectivity index (χ2n) is 8.97. The molecule has 1 aromatic carbocycles. The molecule has 1 heterocycles. The van der Waals surface area contributed by atoms with Gasteiger partial charge in [0.1, 0.15) is 5.75 Å². The second kappa shape index (κ2) is 5.26. The number of hydrogen-bond acceptors (Lipinski definition) is 2. The average Bonchev–Trinajstić information content (AvgIpc) is 2.77. The predicted octanol–water partition coefficient (Wildman–Crippen LogP) is 5.31. The van der Waals surface area contributed by atoms with Gasteiger partial charge in [0.2, 0.25) is 0 Å². The molecule has 1 aromatic rings. The highest BCUT2D eigenvalue weighted by Crippen LogP contribution is 2.68. The third-order valence-electron chi connectivity index (χ3n) is 5.31. The molecule has 2 heteroatoms. The minimum atomic E-state index is -0.0493. The molecule has 2 unspecified atom stereocenters. The average molecular weight is 302 g/mol. The lowest BCUT2D eigenvalue weighted by molar-refractivity contribution is -0.0390. The maximum absolute atomic E-state index is 5.89. The summed E-state index contributed by atoms with van der Waals surface area (Å²) in [7, 11) is 0. The Morgan fingerprint density at radius 1 is 1.18 bits per heavy atom. The summed E-state index contributed by atoms with van der Waals surface area (Å²) in [5.41, 5.74) is 2.54. The first-order valence-electron chi connectivity index (χ1n) is 8.61. The Bertz CT molecular complexity index is 518. The van der Waals surface area contributed by atoms with Gasteiger partial charge in [0.25, 0.3) is 0 Å². The van der Waals surface area contributed by atoms with Gasteiger partial charge in [-0.2, -0.15) is 0 Å². The van der Waals surface area contributed by atoms with E-state index in [0.29, 0.717) is 16.2 Å². The topological polar surface area (TPSA) is 18.5 Å². The summed E-state index contributed by atoms with van der Waals surface area (Å²) >= 11 is 0. The summed E-state index contributed by atoms with van der Waals surface area (Å²) in [6.45, 7) is 12.7. The third kappa shape index (κ3) is 3.03. The number of ether oxygens (including phenoxy) is 2. The van der Waals surface area contributed by atoms with Crippen molar-refractivity contribution in [2.45, 2.75) is 72.0 Å². The van der Waals surface area contributed by atoms with E-state index < -0.39 is 0 Å². The van der Waals surface area contributed by atoms with Crippen LogP contribution in [0.3, 0.4) is 0 Å². The Balaban J connectivity index is 1.76. The lowest BCUT2D eigenvalue weighted by atomic mass is 9.75. The molecule has 1 saturated heterocycles. The molecular formula is C20H30O2. The summed E-state index contributed by atoms with van der Waals surface area (Å²) in [4.78, 5) is 0. The fraction of sp³-hybridized carbons (Fsp3) is 0.700. The molecule has 22 heavy (non-hydrogen) atoms. The lowest BCUT2D eigenvalue weighted by Crippen LogP contribution is -2.22. The van der Waals surface area contributed by atoms with E-state index in [2.05, 4.69) is 58.9 Å². The molecular weight excluding hydrogens is 272 g/mol. The minimum absolute atomic E-state index is 0.0493. The van der Waals surface area contributed by atoms with E-state index in [1.54, 1.807) is 0 Å². The third-order valence-corrected chi connectivity index (χ3v) is 5.31. The zero-order valence-corrected chi connectivity index (χ0v) is 14.7. The van der Waals surface area contributed by atoms with E-state index >= 15 is 0 Å². The van der Waals surface area contributed by atoms with E-state index in [0.717, 1.165) is 25.2 Å². The van der Waals surface area contributed by atoms with Gasteiger partial charge >= 0.3 is 0 Å². The van der Waals surface area contributed by atoms with Gasteiger partial charge in [-0.15, -0.1) is 0 Å². The van der Waals surface area contributed by atoms with Crippen molar-refractivity contribution in [1.29, 1.82) is 0 Å². The Morgan fingerprint density at radius 3 is 2.27 bits per heavy atom. The maximum Gasteiger partial charge on any atom is 0.199 e. The van der Waals surface area contributed by atoms with E-state index in [1.165, 1.54) is 18.4 Å². The maximum atomic E-state index is 5.89. The Hall–Kier alpha value is -1.02. The van der Waals surface area contributed by atoms with Crippen LogP contribution in [-0.4, -0.2) is 12.9 Å². The lowest BCUT2D eigenvalue weighted by Gasteiger charge is -2.29. The molecule has 0 N–H and O–H groups in total. The first kappa shape index (κ1) is 15.9. The summed E-state index contributed by atoms with van der Waals surface area (Å²) in [6.07, 6.45) is 4.57. The first-order chi connectivity index (χ1) is 10.2. The van der Waals surface area contributed by atoms with Crippen molar-refractivity contribution in [3.63, 3.8) is 0 Å². The zero-order valence-electron chi connectivity index (χ0n) is 14.7.